The van der Waals surface area contributed by atoms with Crippen molar-refractivity contribution < 1.29 is 30.2 Å². The van der Waals surface area contributed by atoms with Crippen molar-refractivity contribution in [3.05, 3.63) is 0 Å². The zero-order chi connectivity index (χ0) is 9.15. The molecule has 0 atom stereocenters. The van der Waals surface area contributed by atoms with Crippen molar-refractivity contribution in [3.8, 4) is 0 Å². The molecule has 0 aliphatic rings. The molecule has 10 heavy (non-hydrogen) atoms. The molecule has 0 amide bonds. The van der Waals surface area contributed by atoms with Crippen LogP contribution in [0.2, 0.25) is 0 Å². The first-order valence-corrected chi connectivity index (χ1v) is 1.62. The second-order valence-electron chi connectivity index (χ2n) is 0.610. The van der Waals surface area contributed by atoms with E-state index in [4.69, 9.17) is 30.2 Å². The van der Waals surface area contributed by atoms with Crippen molar-refractivity contribution >= 4 is 11.9 Å². The minimum absolute atomic E-state index is 1.82. The molecular formula is C2H8N2O6. The molecule has 0 aliphatic carbocycles. The normalized spacial score (nSPS) is 5.60. The van der Waals surface area contributed by atoms with Gasteiger partial charge in [0.25, 0.3) is 0 Å². The smallest absolute Gasteiger partial charge is 0.414 e. The summed E-state index contributed by atoms with van der Waals surface area (Å²) in [6, 6.07) is 0. The van der Waals surface area contributed by atoms with E-state index in [1.165, 1.54) is 0 Å². The van der Waals surface area contributed by atoms with E-state index in [-0.39, 0.29) is 0 Å². The quantitative estimate of drug-likeness (QED) is 0.170. The van der Waals surface area contributed by atoms with E-state index >= 15 is 0 Å². The zero-order valence-electron chi connectivity index (χ0n) is 4.76. The third kappa shape index (κ3) is 29.3. The molecule has 0 fully saturated rings. The Hall–Kier alpha value is -1.22. The zero-order valence-corrected chi connectivity index (χ0v) is 4.76. The molecule has 62 valence electrons. The van der Waals surface area contributed by atoms with Crippen LogP contribution in [0.3, 0.4) is 0 Å². The first-order valence-electron chi connectivity index (χ1n) is 1.62. The van der Waals surface area contributed by atoms with Gasteiger partial charge in [-0.15, -0.1) is 0 Å². The van der Waals surface area contributed by atoms with E-state index in [1.807, 2.05) is 0 Å². The summed E-state index contributed by atoms with van der Waals surface area (Å²) in [5, 5.41) is 27.8. The molecular weight excluding hydrogens is 148 g/mol. The maximum absolute atomic E-state index is 9.10. The summed E-state index contributed by atoms with van der Waals surface area (Å²) in [5.41, 5.74) is 0. The Morgan fingerprint density at radius 3 is 0.900 bits per heavy atom. The summed E-state index contributed by atoms with van der Waals surface area (Å²) in [6.07, 6.45) is 0. The Morgan fingerprint density at radius 1 is 0.800 bits per heavy atom. The second kappa shape index (κ2) is 15.7. The van der Waals surface area contributed by atoms with Gasteiger partial charge in [-0.1, -0.05) is 0 Å². The summed E-state index contributed by atoms with van der Waals surface area (Å²) >= 11 is 0. The van der Waals surface area contributed by atoms with Crippen molar-refractivity contribution in [3.63, 3.8) is 0 Å². The Morgan fingerprint density at radius 2 is 0.900 bits per heavy atom. The highest BCUT2D eigenvalue weighted by molar-refractivity contribution is 6.27. The monoisotopic (exact) mass is 156 g/mol. The van der Waals surface area contributed by atoms with Gasteiger partial charge in [0.1, 0.15) is 0 Å². The van der Waals surface area contributed by atoms with Crippen LogP contribution in [0.1, 0.15) is 0 Å². The van der Waals surface area contributed by atoms with E-state index in [0.717, 1.165) is 0 Å². The number of carboxylic acid groups (broad SMARTS) is 2. The molecule has 8 N–H and O–H groups in total. The largest absolute Gasteiger partial charge is 0.473 e. The average Bonchev–Trinajstić information content (AvgIpc) is 1.96. The maximum atomic E-state index is 9.10. The highest BCUT2D eigenvalue weighted by Crippen LogP contribution is 1.56. The standard InChI is InChI=1S/C2H2O4.2H3NO/c3-1(4)2(5)6;2*1-2/h(H,3,4)(H,5,6);2*2H,1H2. The number of carbonyl (C=O) groups is 2. The summed E-state index contributed by atoms with van der Waals surface area (Å²) < 4.78 is 0. The predicted octanol–water partition coefficient (Wildman–Crippen LogP) is -2.18. The van der Waals surface area contributed by atoms with Gasteiger partial charge in [0.15, 0.2) is 0 Å². The van der Waals surface area contributed by atoms with Crippen molar-refractivity contribution in [2.45, 2.75) is 0 Å². The lowest BCUT2D eigenvalue weighted by atomic mass is 10.7. The highest BCUT2D eigenvalue weighted by atomic mass is 16.4. The van der Waals surface area contributed by atoms with Gasteiger partial charge in [-0.2, -0.15) is 0 Å². The number of nitrogens with two attached hydrogens (primary N) is 2. The van der Waals surface area contributed by atoms with E-state index in [9.17, 15) is 0 Å². The first-order chi connectivity index (χ1) is 4.64. The van der Waals surface area contributed by atoms with Gasteiger partial charge in [0.2, 0.25) is 0 Å². The molecule has 0 aromatic rings. The fourth-order valence-corrected chi connectivity index (χ4v) is 0. The lowest BCUT2D eigenvalue weighted by molar-refractivity contribution is -0.159. The topological polar surface area (TPSA) is 167 Å². The molecule has 8 heteroatoms. The Balaban J connectivity index is -0.000000105. The number of rotatable bonds is 0. The summed E-state index contributed by atoms with van der Waals surface area (Å²) in [5.74, 6) is 3.35. The van der Waals surface area contributed by atoms with Crippen molar-refractivity contribution in [1.82, 2.24) is 0 Å². The Bertz CT molecular complexity index is 79.7. The van der Waals surface area contributed by atoms with Crippen molar-refractivity contribution in [2.24, 2.45) is 11.8 Å². The van der Waals surface area contributed by atoms with Gasteiger partial charge >= 0.3 is 11.9 Å². The Labute approximate surface area is 55.2 Å². The molecule has 0 aliphatic heterocycles. The predicted molar refractivity (Wildman–Crippen MR) is 27.2 cm³/mol. The van der Waals surface area contributed by atoms with Crippen LogP contribution in [0.15, 0.2) is 0 Å². The molecule has 0 spiro atoms. The van der Waals surface area contributed by atoms with Crippen LogP contribution in [0.5, 0.6) is 0 Å². The average molecular weight is 156 g/mol. The third-order valence-electron chi connectivity index (χ3n) is 0.183. The van der Waals surface area contributed by atoms with Gasteiger partial charge in [-0.3, -0.25) is 0 Å². The molecule has 0 aromatic heterocycles. The Kier molecular flexibility index (Phi) is 24.9. The second-order valence-corrected chi connectivity index (χ2v) is 0.610. The molecule has 0 rings (SSSR count). The minimum atomic E-state index is -1.82. The van der Waals surface area contributed by atoms with Crippen LogP contribution >= 0.6 is 0 Å². The third-order valence-corrected chi connectivity index (χ3v) is 0.183. The molecule has 0 saturated heterocycles. The van der Waals surface area contributed by atoms with E-state index < -0.39 is 11.9 Å². The van der Waals surface area contributed by atoms with Gasteiger partial charge in [-0.05, 0) is 0 Å². The van der Waals surface area contributed by atoms with E-state index in [1.54, 1.807) is 0 Å². The number of hydrogen-bond donors (Lipinski definition) is 6. The van der Waals surface area contributed by atoms with E-state index in [0.29, 0.717) is 0 Å². The van der Waals surface area contributed by atoms with Gasteiger partial charge in [0, 0.05) is 0 Å². The molecule has 0 unspecified atom stereocenters. The molecule has 0 bridgehead atoms. The molecule has 0 heterocycles. The highest BCUT2D eigenvalue weighted by Gasteiger charge is 2.04. The first kappa shape index (κ1) is 15.9. The van der Waals surface area contributed by atoms with Crippen LogP contribution in [-0.2, 0) is 9.59 Å². The van der Waals surface area contributed by atoms with Crippen LogP contribution in [0.4, 0.5) is 0 Å². The molecule has 0 radical (unpaired) electrons. The number of hydrogen-bond acceptors (Lipinski definition) is 6. The van der Waals surface area contributed by atoms with Gasteiger partial charge < -0.3 is 20.6 Å². The molecule has 0 saturated carbocycles. The lowest BCUT2D eigenvalue weighted by Gasteiger charge is -1.72. The van der Waals surface area contributed by atoms with Crippen LogP contribution in [-0.4, -0.2) is 32.6 Å². The SMILES string of the molecule is NO.NO.O=C(O)C(=O)O. The molecule has 8 nitrogen and oxygen atoms in total. The van der Waals surface area contributed by atoms with Crippen LogP contribution in [0.25, 0.3) is 0 Å². The number of aliphatic carboxylic acids is 2. The number of carboxylic acids is 2. The maximum Gasteiger partial charge on any atom is 0.414 e. The fourth-order valence-electron chi connectivity index (χ4n) is 0. The summed E-state index contributed by atoms with van der Waals surface area (Å²) in [6.45, 7) is 0. The summed E-state index contributed by atoms with van der Waals surface area (Å²) in [4.78, 5) is 18.2. The minimum Gasteiger partial charge on any atom is -0.473 e. The molecule has 0 aromatic carbocycles. The van der Waals surface area contributed by atoms with Gasteiger partial charge in [-0.25, -0.2) is 21.4 Å². The van der Waals surface area contributed by atoms with Crippen molar-refractivity contribution in [2.75, 3.05) is 0 Å². The van der Waals surface area contributed by atoms with Crippen LogP contribution in [0, 0.1) is 0 Å². The van der Waals surface area contributed by atoms with Gasteiger partial charge in [0.05, 0.1) is 0 Å². The van der Waals surface area contributed by atoms with Crippen molar-refractivity contribution in [1.29, 1.82) is 0 Å². The lowest BCUT2D eigenvalue weighted by Crippen LogP contribution is -2.09. The summed E-state index contributed by atoms with van der Waals surface area (Å²) in [7, 11) is 0. The fraction of sp³-hybridized carbons (Fsp3) is 0. The van der Waals surface area contributed by atoms with Crippen LogP contribution < -0.4 is 11.8 Å². The van der Waals surface area contributed by atoms with E-state index in [2.05, 4.69) is 11.8 Å².